The van der Waals surface area contributed by atoms with Crippen molar-refractivity contribution in [3.63, 3.8) is 0 Å². The largest absolute Gasteiger partial charge is 0.385 e. The van der Waals surface area contributed by atoms with Crippen LogP contribution in [0.2, 0.25) is 0 Å². The van der Waals surface area contributed by atoms with Gasteiger partial charge in [-0.3, -0.25) is 0 Å². The Kier molecular flexibility index (Phi) is 3.77. The van der Waals surface area contributed by atoms with Crippen LogP contribution in [0.3, 0.4) is 0 Å². The first-order chi connectivity index (χ1) is 7.07. The molecule has 0 spiro atoms. The molecule has 1 aromatic carbocycles. The second-order valence-corrected chi connectivity index (χ2v) is 4.83. The Hall–Kier alpha value is -1.45. The predicted molar refractivity (Wildman–Crippen MR) is 57.5 cm³/mol. The fourth-order valence-electron chi connectivity index (χ4n) is 1.15. The molecular formula is C9H12N3O2S+. The number of diazo groups is 1. The van der Waals surface area contributed by atoms with Gasteiger partial charge in [0.2, 0.25) is 15.4 Å². The number of hydrogen-bond donors (Lipinski definition) is 1. The summed E-state index contributed by atoms with van der Waals surface area (Å²) < 4.78 is 25.1. The Labute approximate surface area is 88.8 Å². The molecule has 0 saturated carbocycles. The number of nitrogens with one attached hydrogen (secondary N) is 1. The maximum absolute atomic E-state index is 11.4. The highest BCUT2D eigenvalue weighted by atomic mass is 32.2. The van der Waals surface area contributed by atoms with E-state index in [1.54, 1.807) is 31.2 Å². The third-order valence-electron chi connectivity index (χ3n) is 1.77. The molecule has 0 saturated heterocycles. The van der Waals surface area contributed by atoms with Crippen LogP contribution in [-0.2, 0) is 15.8 Å². The normalized spacial score (nSPS) is 10.9. The fraction of sp³-hybridized carbons (Fsp3) is 0.333. The molecule has 80 valence electrons. The van der Waals surface area contributed by atoms with Crippen LogP contribution >= 0.6 is 0 Å². The quantitative estimate of drug-likeness (QED) is 0.792. The zero-order chi connectivity index (χ0) is 11.3. The summed E-state index contributed by atoms with van der Waals surface area (Å²) in [5, 5.41) is 8.44. The van der Waals surface area contributed by atoms with Crippen LogP contribution < -0.4 is 4.72 Å². The lowest BCUT2D eigenvalue weighted by molar-refractivity contribution is 0.583. The van der Waals surface area contributed by atoms with Crippen molar-refractivity contribution in [2.75, 3.05) is 6.54 Å². The van der Waals surface area contributed by atoms with Crippen molar-refractivity contribution in [2.24, 2.45) is 0 Å². The van der Waals surface area contributed by atoms with Crippen molar-refractivity contribution in [3.8, 4) is 0 Å². The summed E-state index contributed by atoms with van der Waals surface area (Å²) in [6.45, 7) is 2.11. The fourth-order valence-corrected chi connectivity index (χ4v) is 2.32. The van der Waals surface area contributed by atoms with Crippen molar-refractivity contribution in [3.05, 3.63) is 34.8 Å². The minimum absolute atomic E-state index is 0.0629. The lowest BCUT2D eigenvalue weighted by atomic mass is 10.2. The molecule has 0 aliphatic carbocycles. The first-order valence-corrected chi connectivity index (χ1v) is 6.14. The molecule has 0 bridgehead atoms. The minimum atomic E-state index is -3.25. The van der Waals surface area contributed by atoms with Crippen molar-refractivity contribution in [1.82, 2.24) is 4.72 Å². The van der Waals surface area contributed by atoms with Crippen molar-refractivity contribution in [2.45, 2.75) is 12.7 Å². The van der Waals surface area contributed by atoms with E-state index in [4.69, 9.17) is 5.39 Å². The highest BCUT2D eigenvalue weighted by molar-refractivity contribution is 7.88. The molecule has 0 fully saturated rings. The van der Waals surface area contributed by atoms with Gasteiger partial charge in [-0.25, -0.2) is 13.1 Å². The molecule has 0 atom stereocenters. The molecular weight excluding hydrogens is 214 g/mol. The van der Waals surface area contributed by atoms with E-state index in [0.29, 0.717) is 17.8 Å². The van der Waals surface area contributed by atoms with E-state index in [1.807, 2.05) is 0 Å². The van der Waals surface area contributed by atoms with Crippen LogP contribution in [0.25, 0.3) is 4.98 Å². The summed E-state index contributed by atoms with van der Waals surface area (Å²) >= 11 is 0. The number of nitrogens with zero attached hydrogens (tertiary/aromatic N) is 2. The van der Waals surface area contributed by atoms with E-state index in [1.165, 1.54) is 0 Å². The van der Waals surface area contributed by atoms with Crippen LogP contribution in [0.15, 0.2) is 24.3 Å². The zero-order valence-corrected chi connectivity index (χ0v) is 9.16. The highest BCUT2D eigenvalue weighted by Crippen LogP contribution is 2.13. The van der Waals surface area contributed by atoms with Crippen LogP contribution in [0.1, 0.15) is 12.5 Å². The first-order valence-electron chi connectivity index (χ1n) is 4.49. The number of benzene rings is 1. The zero-order valence-electron chi connectivity index (χ0n) is 8.34. The topological polar surface area (TPSA) is 74.3 Å². The van der Waals surface area contributed by atoms with Gasteiger partial charge in [0.05, 0.1) is 5.75 Å². The maximum atomic E-state index is 11.4. The van der Waals surface area contributed by atoms with Gasteiger partial charge in [0.25, 0.3) is 0 Å². The molecule has 0 aliphatic heterocycles. The van der Waals surface area contributed by atoms with E-state index >= 15 is 0 Å². The lowest BCUT2D eigenvalue weighted by Crippen LogP contribution is -2.24. The van der Waals surface area contributed by atoms with Crippen LogP contribution in [0, 0.1) is 5.39 Å². The summed E-state index contributed by atoms with van der Waals surface area (Å²) in [6, 6.07) is 6.33. The minimum Gasteiger partial charge on any atom is -0.215 e. The first kappa shape index (κ1) is 11.6. The van der Waals surface area contributed by atoms with Gasteiger partial charge in [0, 0.05) is 18.7 Å². The average Bonchev–Trinajstić information content (AvgIpc) is 2.18. The van der Waals surface area contributed by atoms with Gasteiger partial charge in [0.1, 0.15) is 0 Å². The van der Waals surface area contributed by atoms with Crippen molar-refractivity contribution >= 4 is 15.7 Å². The van der Waals surface area contributed by atoms with Crippen LogP contribution in [-0.4, -0.2) is 15.0 Å². The van der Waals surface area contributed by atoms with Gasteiger partial charge >= 0.3 is 5.69 Å². The summed E-state index contributed by atoms with van der Waals surface area (Å²) in [5.41, 5.74) is 1.06. The molecule has 0 aliphatic rings. The second kappa shape index (κ2) is 4.87. The Morgan fingerprint density at radius 3 is 2.40 bits per heavy atom. The Morgan fingerprint density at radius 1 is 1.33 bits per heavy atom. The summed E-state index contributed by atoms with van der Waals surface area (Å²) in [5.74, 6) is -0.0629. The molecule has 0 aromatic heterocycles. The maximum Gasteiger partial charge on any atom is 0.385 e. The molecule has 0 amide bonds. The predicted octanol–water partition coefficient (Wildman–Crippen LogP) is 1.61. The van der Waals surface area contributed by atoms with Gasteiger partial charge in [-0.15, -0.1) is 0 Å². The van der Waals surface area contributed by atoms with E-state index in [9.17, 15) is 8.42 Å². The highest BCUT2D eigenvalue weighted by Gasteiger charge is 2.11. The molecule has 15 heavy (non-hydrogen) atoms. The molecule has 0 radical (unpaired) electrons. The SMILES string of the molecule is CCNS(=O)(=O)Cc1ccc([N+]#N)cc1. The second-order valence-electron chi connectivity index (χ2n) is 3.02. The van der Waals surface area contributed by atoms with E-state index < -0.39 is 10.0 Å². The third-order valence-corrected chi connectivity index (χ3v) is 3.21. The van der Waals surface area contributed by atoms with E-state index in [-0.39, 0.29) is 5.75 Å². The number of hydrogen-bond acceptors (Lipinski definition) is 3. The Morgan fingerprint density at radius 2 is 1.93 bits per heavy atom. The third kappa shape index (κ3) is 3.65. The van der Waals surface area contributed by atoms with Gasteiger partial charge in [-0.2, -0.15) is 0 Å². The smallest absolute Gasteiger partial charge is 0.215 e. The standard InChI is InChI=1S/C9H12N3O2S/c1-2-11-15(13,14)7-8-3-5-9(12-10)6-4-8/h3-6,11H,2,7H2,1H3/q+1. The summed E-state index contributed by atoms with van der Waals surface area (Å²) in [4.78, 5) is 2.98. The van der Waals surface area contributed by atoms with E-state index in [2.05, 4.69) is 9.70 Å². The molecule has 0 heterocycles. The Bertz CT molecular complexity index is 459. The van der Waals surface area contributed by atoms with Crippen molar-refractivity contribution < 1.29 is 8.42 Å². The van der Waals surface area contributed by atoms with Crippen molar-refractivity contribution in [1.29, 1.82) is 5.39 Å². The molecule has 6 heteroatoms. The van der Waals surface area contributed by atoms with Gasteiger partial charge in [-0.05, 0) is 17.7 Å². The average molecular weight is 226 g/mol. The van der Waals surface area contributed by atoms with E-state index in [0.717, 1.165) is 0 Å². The summed E-state index contributed by atoms with van der Waals surface area (Å²) in [7, 11) is -3.25. The lowest BCUT2D eigenvalue weighted by Gasteiger charge is -2.03. The van der Waals surface area contributed by atoms with Gasteiger partial charge in [-0.1, -0.05) is 6.92 Å². The van der Waals surface area contributed by atoms with Gasteiger partial charge in [0.15, 0.2) is 4.98 Å². The molecule has 1 aromatic rings. The molecule has 1 N–H and O–H groups in total. The molecule has 0 unspecified atom stereocenters. The Balaban J connectivity index is 2.78. The number of sulfonamides is 1. The monoisotopic (exact) mass is 226 g/mol. The van der Waals surface area contributed by atoms with Gasteiger partial charge < -0.3 is 0 Å². The molecule has 1 rings (SSSR count). The van der Waals surface area contributed by atoms with Crippen LogP contribution in [0.4, 0.5) is 5.69 Å². The summed E-state index contributed by atoms with van der Waals surface area (Å²) in [6.07, 6.45) is 0. The number of rotatable bonds is 4. The molecule has 5 nitrogen and oxygen atoms in total. The van der Waals surface area contributed by atoms with Crippen LogP contribution in [0.5, 0.6) is 0 Å².